The van der Waals surface area contributed by atoms with Crippen molar-refractivity contribution in [3.63, 3.8) is 0 Å². The summed E-state index contributed by atoms with van der Waals surface area (Å²) in [5.41, 5.74) is 3.70. The number of carbonyl (C=O) groups excluding carboxylic acids is 1. The van der Waals surface area contributed by atoms with Gasteiger partial charge < -0.3 is 10.0 Å². The Hall–Kier alpha value is -1.86. The van der Waals surface area contributed by atoms with Crippen molar-refractivity contribution in [2.45, 2.75) is 89.5 Å². The van der Waals surface area contributed by atoms with Gasteiger partial charge in [0, 0.05) is 30.3 Å². The molecule has 1 saturated carbocycles. The van der Waals surface area contributed by atoms with Gasteiger partial charge >= 0.3 is 5.97 Å². The molecule has 1 aromatic rings. The molecule has 1 aliphatic carbocycles. The van der Waals surface area contributed by atoms with Crippen molar-refractivity contribution in [3.05, 3.63) is 35.4 Å². The molecule has 1 N–H and O–H groups in total. The number of carboxylic acids is 1. The summed E-state index contributed by atoms with van der Waals surface area (Å²) in [6.07, 6.45) is 17.5. The van der Waals surface area contributed by atoms with E-state index in [1.807, 2.05) is 6.07 Å². The summed E-state index contributed by atoms with van der Waals surface area (Å²) in [6, 6.07) is 7.05. The Bertz CT molecular complexity index is 902. The predicted molar refractivity (Wildman–Crippen MR) is 147 cm³/mol. The average molecular weight is 503 g/mol. The molecular weight excluding hydrogens is 464 g/mol. The maximum Gasteiger partial charge on any atom is 0.323 e. The number of carbonyl (C=O) groups is 2. The van der Waals surface area contributed by atoms with Crippen molar-refractivity contribution < 1.29 is 14.7 Å². The Morgan fingerprint density at radius 1 is 1.15 bits per heavy atom. The zero-order chi connectivity index (χ0) is 24.5. The largest absolute Gasteiger partial charge is 0.480 e. The summed E-state index contributed by atoms with van der Waals surface area (Å²) in [4.78, 5) is 27.1. The molecule has 186 valence electrons. The third kappa shape index (κ3) is 7.08. The van der Waals surface area contributed by atoms with Crippen LogP contribution in [0.5, 0.6) is 0 Å². The van der Waals surface area contributed by atoms with Crippen LogP contribution in [0.1, 0.15) is 94.6 Å². The van der Waals surface area contributed by atoms with Crippen molar-refractivity contribution in [3.8, 4) is 0 Å². The van der Waals surface area contributed by atoms with Crippen molar-refractivity contribution in [1.82, 2.24) is 4.90 Å². The van der Waals surface area contributed by atoms with E-state index in [9.17, 15) is 9.59 Å². The Morgan fingerprint density at radius 3 is 2.53 bits per heavy atom. The first-order valence-corrected chi connectivity index (χ1v) is 13.6. The maximum atomic E-state index is 12.4. The zero-order valence-corrected chi connectivity index (χ0v) is 22.0. The van der Waals surface area contributed by atoms with Crippen LogP contribution in [-0.2, 0) is 9.59 Å². The van der Waals surface area contributed by atoms with Gasteiger partial charge in [-0.25, -0.2) is 0 Å². The highest BCUT2D eigenvalue weighted by atomic mass is 32.1. The summed E-state index contributed by atoms with van der Waals surface area (Å²) in [6.45, 7) is 2.89. The average Bonchev–Trinajstić information content (AvgIpc) is 3.39. The van der Waals surface area contributed by atoms with E-state index in [0.717, 1.165) is 17.0 Å². The molecule has 34 heavy (non-hydrogen) atoms. The lowest BCUT2D eigenvalue weighted by molar-refractivity contribution is -0.140. The van der Waals surface area contributed by atoms with Crippen LogP contribution < -0.4 is 4.90 Å². The first-order valence-electron chi connectivity index (χ1n) is 12.8. The highest BCUT2D eigenvalue weighted by Gasteiger charge is 2.40. The zero-order valence-electron chi connectivity index (χ0n) is 20.2. The highest BCUT2D eigenvalue weighted by molar-refractivity contribution is 8.11. The van der Waals surface area contributed by atoms with E-state index in [-0.39, 0.29) is 4.32 Å². The molecule has 1 aromatic carbocycles. The molecule has 1 amide bonds. The number of benzene rings is 1. The fourth-order valence-corrected chi connectivity index (χ4v) is 5.75. The van der Waals surface area contributed by atoms with Crippen molar-refractivity contribution in [2.24, 2.45) is 0 Å². The van der Waals surface area contributed by atoms with Gasteiger partial charge in [-0.2, -0.15) is 0 Å². The summed E-state index contributed by atoms with van der Waals surface area (Å²) in [5.74, 6) is -1.03. The lowest BCUT2D eigenvalue weighted by Crippen LogP contribution is -2.36. The molecule has 1 fully saturated rings. The Morgan fingerprint density at radius 2 is 1.85 bits per heavy atom. The monoisotopic (exact) mass is 502 g/mol. The van der Waals surface area contributed by atoms with Crippen LogP contribution in [0.2, 0.25) is 0 Å². The molecular formula is C27H38N2O3S2. The van der Waals surface area contributed by atoms with Crippen LogP contribution in [0.3, 0.4) is 0 Å². The quantitative estimate of drug-likeness (QED) is 0.141. The number of hydrogen-bond acceptors (Lipinski definition) is 4. The first kappa shape index (κ1) is 26.7. The van der Waals surface area contributed by atoms with E-state index >= 15 is 0 Å². The number of amides is 1. The number of aliphatic carboxylic acids is 1. The SMILES string of the molecule is CCCCCCCCCCN1c2ccc(/C=C/C(=O)N(CC(=O)O)C(=S)S)cc2C2CCCC21. The second kappa shape index (κ2) is 13.3. The third-order valence-corrected chi connectivity index (χ3v) is 7.56. The van der Waals surface area contributed by atoms with Crippen molar-refractivity contribution in [1.29, 1.82) is 0 Å². The van der Waals surface area contributed by atoms with Crippen LogP contribution in [0, 0.1) is 0 Å². The molecule has 3 rings (SSSR count). The molecule has 0 spiro atoms. The van der Waals surface area contributed by atoms with E-state index in [1.165, 1.54) is 88.0 Å². The van der Waals surface area contributed by atoms with Crippen molar-refractivity contribution >= 4 is 52.8 Å². The molecule has 7 heteroatoms. The van der Waals surface area contributed by atoms with Gasteiger partial charge in [0.2, 0.25) is 0 Å². The van der Waals surface area contributed by atoms with Crippen molar-refractivity contribution in [2.75, 3.05) is 18.0 Å². The van der Waals surface area contributed by atoms with Gasteiger partial charge in [0.1, 0.15) is 10.9 Å². The normalized spacial score (nSPS) is 18.8. The van der Waals surface area contributed by atoms with Crippen LogP contribution >= 0.6 is 24.8 Å². The standard InChI is InChI=1S/C27H38N2O3S2/c1-2-3-4-5-6-7-8-9-17-28-23-12-10-11-21(23)22-18-20(13-15-24(22)28)14-16-25(30)29(27(33)34)19-26(31)32/h13-16,18,21,23H,2-12,17,19H2,1H3,(H,31,32)(H,33,34)/b16-14+. The lowest BCUT2D eigenvalue weighted by atomic mass is 9.96. The lowest BCUT2D eigenvalue weighted by Gasteiger charge is -2.27. The molecule has 1 heterocycles. The minimum Gasteiger partial charge on any atom is -0.480 e. The fraction of sp³-hybridized carbons (Fsp3) is 0.593. The number of nitrogens with zero attached hydrogens (tertiary/aromatic N) is 2. The van der Waals surface area contributed by atoms with Gasteiger partial charge in [-0.3, -0.25) is 14.5 Å². The van der Waals surface area contributed by atoms with Crippen LogP contribution in [-0.4, -0.2) is 45.3 Å². The number of unbranched alkanes of at least 4 members (excludes halogenated alkanes) is 7. The summed E-state index contributed by atoms with van der Waals surface area (Å²) < 4.78 is -0.0450. The third-order valence-electron chi connectivity index (χ3n) is 7.10. The smallest absolute Gasteiger partial charge is 0.323 e. The van der Waals surface area contributed by atoms with E-state index < -0.39 is 18.4 Å². The van der Waals surface area contributed by atoms with Gasteiger partial charge in [-0.1, -0.05) is 76.6 Å². The van der Waals surface area contributed by atoms with Gasteiger partial charge in [-0.15, -0.1) is 12.6 Å². The molecule has 2 aliphatic rings. The minimum atomic E-state index is -1.13. The molecule has 0 bridgehead atoms. The van der Waals surface area contributed by atoms with Crippen LogP contribution in [0.25, 0.3) is 6.08 Å². The first-order chi connectivity index (χ1) is 16.4. The summed E-state index contributed by atoms with van der Waals surface area (Å²) in [5, 5.41) is 9.00. The topological polar surface area (TPSA) is 60.9 Å². The molecule has 2 unspecified atom stereocenters. The molecule has 0 saturated heterocycles. The van der Waals surface area contributed by atoms with Gasteiger partial charge in [0.15, 0.2) is 0 Å². The molecule has 0 radical (unpaired) electrons. The summed E-state index contributed by atoms with van der Waals surface area (Å²) in [7, 11) is 0. The number of anilines is 1. The Labute approximate surface area is 215 Å². The van der Waals surface area contributed by atoms with Gasteiger partial charge in [-0.05, 0) is 48.6 Å². The van der Waals surface area contributed by atoms with E-state index in [0.29, 0.717) is 12.0 Å². The van der Waals surface area contributed by atoms with E-state index in [1.54, 1.807) is 6.08 Å². The maximum absolute atomic E-state index is 12.4. The molecule has 0 aromatic heterocycles. The highest BCUT2D eigenvalue weighted by Crippen LogP contribution is 2.49. The number of hydrogen-bond donors (Lipinski definition) is 2. The second-order valence-electron chi connectivity index (χ2n) is 9.53. The van der Waals surface area contributed by atoms with E-state index in [2.05, 4.69) is 36.6 Å². The van der Waals surface area contributed by atoms with Crippen LogP contribution in [0.4, 0.5) is 5.69 Å². The molecule has 5 nitrogen and oxygen atoms in total. The van der Waals surface area contributed by atoms with Gasteiger partial charge in [0.25, 0.3) is 5.91 Å². The Balaban J connectivity index is 1.60. The Kier molecular flexibility index (Phi) is 10.5. The van der Waals surface area contributed by atoms with Gasteiger partial charge in [0.05, 0.1) is 0 Å². The molecule has 2 atom stereocenters. The molecule has 1 aliphatic heterocycles. The number of fused-ring (bicyclic) bond motifs is 3. The predicted octanol–water partition coefficient (Wildman–Crippen LogP) is 6.42. The second-order valence-corrected chi connectivity index (χ2v) is 10.6. The summed E-state index contributed by atoms with van der Waals surface area (Å²) >= 11 is 8.90. The fourth-order valence-electron chi connectivity index (χ4n) is 5.43. The number of rotatable bonds is 13. The van der Waals surface area contributed by atoms with E-state index in [4.69, 9.17) is 17.3 Å². The van der Waals surface area contributed by atoms with Crippen LogP contribution in [0.15, 0.2) is 24.3 Å². The number of carboxylic acid groups (broad SMARTS) is 1. The minimum absolute atomic E-state index is 0.0450. The number of thiol groups is 1. The number of thiocarbonyl (C=S) groups is 1.